The number of allylic oxidation sites excluding steroid dienone is 1. The summed E-state index contributed by atoms with van der Waals surface area (Å²) in [6.45, 7) is 1.50. The highest BCUT2D eigenvalue weighted by Crippen LogP contribution is 2.23. The Hall–Kier alpha value is -0.680. The quantitative estimate of drug-likeness (QED) is 0.764. The predicted octanol–water partition coefficient (Wildman–Crippen LogP) is 4.41. The maximum atomic E-state index is 13.4. The van der Waals surface area contributed by atoms with Crippen LogP contribution in [0.1, 0.15) is 18.9 Å². The Bertz CT molecular complexity index is 423. The Morgan fingerprint density at radius 1 is 1.47 bits per heavy atom. The summed E-state index contributed by atoms with van der Waals surface area (Å²) in [4.78, 5) is 10.7. The van der Waals surface area contributed by atoms with Crippen molar-refractivity contribution in [3.8, 4) is 0 Å². The fourth-order valence-corrected chi connectivity index (χ4v) is 2.27. The topological polar surface area (TPSA) is 17.1 Å². The normalized spacial score (nSPS) is 11.1. The third-order valence-corrected chi connectivity index (χ3v) is 3.42. The van der Waals surface area contributed by atoms with E-state index in [1.54, 1.807) is 12.2 Å². The van der Waals surface area contributed by atoms with Gasteiger partial charge in [0.05, 0.1) is 0 Å². The van der Waals surface area contributed by atoms with Crippen molar-refractivity contribution in [1.29, 1.82) is 0 Å². The van der Waals surface area contributed by atoms with E-state index >= 15 is 0 Å². The minimum atomic E-state index is -0.612. The van der Waals surface area contributed by atoms with Crippen LogP contribution in [0.3, 0.4) is 0 Å². The molecule has 0 radical (unpaired) electrons. The molecule has 0 aromatic heterocycles. The summed E-state index contributed by atoms with van der Waals surface area (Å²) < 4.78 is 26.6. The fourth-order valence-electron chi connectivity index (χ4n) is 1.18. The number of carbonyl (C=O) groups excluding carboxylic acids is 1. The maximum Gasteiger partial charge on any atom is 0.185 e. The molecule has 0 aliphatic rings. The van der Waals surface area contributed by atoms with E-state index in [0.29, 0.717) is 22.2 Å². The van der Waals surface area contributed by atoms with Crippen LogP contribution in [0.25, 0.3) is 6.08 Å². The van der Waals surface area contributed by atoms with Crippen LogP contribution in [-0.4, -0.2) is 10.9 Å². The van der Waals surface area contributed by atoms with E-state index in [-0.39, 0.29) is 5.12 Å². The lowest BCUT2D eigenvalue weighted by Gasteiger charge is -2.01. The monoisotopic (exact) mass is 320 g/mol. The van der Waals surface area contributed by atoms with Gasteiger partial charge in [0, 0.05) is 28.8 Å². The van der Waals surface area contributed by atoms with Crippen LogP contribution in [0.4, 0.5) is 8.78 Å². The average Bonchev–Trinajstić information content (AvgIpc) is 2.20. The molecule has 0 aliphatic carbocycles. The van der Waals surface area contributed by atoms with Crippen LogP contribution in [-0.2, 0) is 4.79 Å². The molecule has 0 aliphatic heterocycles. The van der Waals surface area contributed by atoms with E-state index in [4.69, 9.17) is 0 Å². The first-order valence-electron chi connectivity index (χ1n) is 4.95. The lowest BCUT2D eigenvalue weighted by molar-refractivity contribution is -0.109. The lowest BCUT2D eigenvalue weighted by atomic mass is 10.2. The molecular formula is C12H11BrF2OS. The Morgan fingerprint density at radius 3 is 2.76 bits per heavy atom. The van der Waals surface area contributed by atoms with Gasteiger partial charge in [0.15, 0.2) is 5.12 Å². The predicted molar refractivity (Wildman–Crippen MR) is 70.8 cm³/mol. The Kier molecular flexibility index (Phi) is 5.85. The highest BCUT2D eigenvalue weighted by atomic mass is 79.9. The second-order valence-corrected chi connectivity index (χ2v) is 5.44. The van der Waals surface area contributed by atoms with E-state index < -0.39 is 11.6 Å². The molecule has 1 rings (SSSR count). The SMILES string of the molecule is CC(=O)SCCC=Cc1c(F)cc(F)cc1Br. The molecule has 0 bridgehead atoms. The molecule has 0 unspecified atom stereocenters. The van der Waals surface area contributed by atoms with Crippen molar-refractivity contribution in [3.63, 3.8) is 0 Å². The van der Waals surface area contributed by atoms with Crippen molar-refractivity contribution in [2.24, 2.45) is 0 Å². The molecule has 5 heteroatoms. The number of hydrogen-bond acceptors (Lipinski definition) is 2. The van der Waals surface area contributed by atoms with Crippen molar-refractivity contribution in [3.05, 3.63) is 39.9 Å². The molecule has 17 heavy (non-hydrogen) atoms. The van der Waals surface area contributed by atoms with Crippen molar-refractivity contribution < 1.29 is 13.6 Å². The molecule has 0 saturated carbocycles. The van der Waals surface area contributed by atoms with Crippen molar-refractivity contribution in [1.82, 2.24) is 0 Å². The molecule has 1 nitrogen and oxygen atoms in total. The van der Waals surface area contributed by atoms with E-state index in [9.17, 15) is 13.6 Å². The van der Waals surface area contributed by atoms with Gasteiger partial charge in [-0.1, -0.05) is 23.9 Å². The summed E-state index contributed by atoms with van der Waals surface area (Å²) in [5, 5.41) is 0.0625. The molecule has 0 fully saturated rings. The molecule has 1 aromatic carbocycles. The zero-order valence-corrected chi connectivity index (χ0v) is 11.6. The number of thioether (sulfide) groups is 1. The first-order valence-corrected chi connectivity index (χ1v) is 6.73. The van der Waals surface area contributed by atoms with Gasteiger partial charge >= 0.3 is 0 Å². The smallest absolute Gasteiger partial charge is 0.185 e. The summed E-state index contributed by atoms with van der Waals surface area (Å²) in [5.41, 5.74) is 0.319. The van der Waals surface area contributed by atoms with Gasteiger partial charge in [-0.15, -0.1) is 0 Å². The third-order valence-electron chi connectivity index (χ3n) is 1.92. The number of benzene rings is 1. The molecule has 92 valence electrons. The Morgan fingerprint density at radius 2 is 2.18 bits per heavy atom. The number of carbonyl (C=O) groups is 1. The molecule has 0 spiro atoms. The first-order chi connectivity index (χ1) is 8.00. The molecule has 0 saturated heterocycles. The average molecular weight is 321 g/mol. The van der Waals surface area contributed by atoms with Crippen LogP contribution in [0.15, 0.2) is 22.7 Å². The number of hydrogen-bond donors (Lipinski definition) is 0. The van der Waals surface area contributed by atoms with E-state index in [1.165, 1.54) is 24.8 Å². The third kappa shape index (κ3) is 5.00. The zero-order valence-electron chi connectivity index (χ0n) is 9.17. The van der Waals surface area contributed by atoms with Gasteiger partial charge in [-0.3, -0.25) is 4.79 Å². The largest absolute Gasteiger partial charge is 0.288 e. The molecule has 1 aromatic rings. The summed E-state index contributed by atoms with van der Waals surface area (Å²) >= 11 is 4.32. The van der Waals surface area contributed by atoms with Gasteiger partial charge in [0.25, 0.3) is 0 Å². The highest BCUT2D eigenvalue weighted by Gasteiger charge is 2.06. The lowest BCUT2D eigenvalue weighted by Crippen LogP contribution is -1.88. The summed E-state index contributed by atoms with van der Waals surface area (Å²) in [5.74, 6) is -0.558. The second-order valence-electron chi connectivity index (χ2n) is 3.31. The summed E-state index contributed by atoms with van der Waals surface area (Å²) in [6.07, 6.45) is 4.00. The van der Waals surface area contributed by atoms with Crippen LogP contribution in [0.5, 0.6) is 0 Å². The Labute approximate surface area is 111 Å². The van der Waals surface area contributed by atoms with Crippen molar-refractivity contribution in [2.45, 2.75) is 13.3 Å². The van der Waals surface area contributed by atoms with Gasteiger partial charge in [0.1, 0.15) is 11.6 Å². The number of halogens is 3. The fraction of sp³-hybridized carbons (Fsp3) is 0.250. The minimum Gasteiger partial charge on any atom is -0.288 e. The van der Waals surface area contributed by atoms with E-state index in [0.717, 1.165) is 6.07 Å². The minimum absolute atomic E-state index is 0.0625. The van der Waals surface area contributed by atoms with Gasteiger partial charge in [-0.05, 0) is 28.4 Å². The Balaban J connectivity index is 2.62. The standard InChI is InChI=1S/C12H11BrF2OS/c1-8(16)17-5-3-2-4-10-11(13)6-9(14)7-12(10)15/h2,4,6-7H,3,5H2,1H3. The van der Waals surface area contributed by atoms with Crippen LogP contribution in [0, 0.1) is 11.6 Å². The second kappa shape index (κ2) is 6.91. The van der Waals surface area contributed by atoms with E-state index in [1.807, 2.05) is 0 Å². The van der Waals surface area contributed by atoms with Gasteiger partial charge in [0.2, 0.25) is 0 Å². The van der Waals surface area contributed by atoms with Crippen LogP contribution >= 0.6 is 27.7 Å². The summed E-state index contributed by atoms with van der Waals surface area (Å²) in [7, 11) is 0. The molecule has 0 amide bonds. The molecule has 0 heterocycles. The highest BCUT2D eigenvalue weighted by molar-refractivity contribution is 9.10. The molecule has 0 N–H and O–H groups in total. The van der Waals surface area contributed by atoms with Crippen molar-refractivity contribution >= 4 is 38.9 Å². The van der Waals surface area contributed by atoms with Gasteiger partial charge in [-0.25, -0.2) is 8.78 Å². The zero-order chi connectivity index (χ0) is 12.8. The van der Waals surface area contributed by atoms with Gasteiger partial charge < -0.3 is 0 Å². The van der Waals surface area contributed by atoms with Crippen LogP contribution in [0.2, 0.25) is 0 Å². The molecular weight excluding hydrogens is 310 g/mol. The van der Waals surface area contributed by atoms with E-state index in [2.05, 4.69) is 15.9 Å². The first kappa shape index (κ1) is 14.4. The number of rotatable bonds is 4. The van der Waals surface area contributed by atoms with Crippen molar-refractivity contribution in [2.75, 3.05) is 5.75 Å². The van der Waals surface area contributed by atoms with Crippen LogP contribution < -0.4 is 0 Å². The summed E-state index contributed by atoms with van der Waals surface area (Å²) in [6, 6.07) is 2.06. The van der Waals surface area contributed by atoms with Gasteiger partial charge in [-0.2, -0.15) is 0 Å². The molecule has 0 atom stereocenters. The maximum absolute atomic E-state index is 13.4.